The van der Waals surface area contributed by atoms with Crippen molar-refractivity contribution >= 4 is 5.78 Å². The number of nitrogens with zero attached hydrogens (tertiary/aromatic N) is 4. The fourth-order valence-corrected chi connectivity index (χ4v) is 3.34. The van der Waals surface area contributed by atoms with Gasteiger partial charge in [0.1, 0.15) is 0 Å². The molecule has 21 heavy (non-hydrogen) atoms. The van der Waals surface area contributed by atoms with Crippen molar-refractivity contribution in [1.82, 2.24) is 19.3 Å². The van der Waals surface area contributed by atoms with Gasteiger partial charge in [-0.25, -0.2) is 9.97 Å². The van der Waals surface area contributed by atoms with E-state index in [1.807, 2.05) is 6.92 Å². The number of hydrogen-bond donors (Lipinski definition) is 1. The lowest BCUT2D eigenvalue weighted by Crippen LogP contribution is -2.35. The molecular weight excluding hydrogens is 264 g/mol. The number of aliphatic hydroxyl groups is 1. The van der Waals surface area contributed by atoms with Gasteiger partial charge < -0.3 is 5.11 Å². The molecule has 1 atom stereocenters. The van der Waals surface area contributed by atoms with Crippen LogP contribution >= 0.6 is 0 Å². The first kappa shape index (κ1) is 14.5. The van der Waals surface area contributed by atoms with Gasteiger partial charge in [-0.1, -0.05) is 0 Å². The molecule has 0 aliphatic carbocycles. The first-order valence-corrected chi connectivity index (χ1v) is 7.81. The Bertz CT molecular complexity index is 620. The Morgan fingerprint density at radius 3 is 3.00 bits per heavy atom. The van der Waals surface area contributed by atoms with E-state index in [0.717, 1.165) is 43.2 Å². The van der Waals surface area contributed by atoms with E-state index in [2.05, 4.69) is 38.5 Å². The van der Waals surface area contributed by atoms with Crippen LogP contribution in [0.2, 0.25) is 0 Å². The summed E-state index contributed by atoms with van der Waals surface area (Å²) in [6, 6.07) is 2.08. The number of imidazole rings is 1. The summed E-state index contributed by atoms with van der Waals surface area (Å²) in [5.74, 6) is 1.43. The molecule has 0 bridgehead atoms. The number of likely N-dealkylation sites (tertiary alicyclic amines) is 1. The van der Waals surface area contributed by atoms with Crippen molar-refractivity contribution in [3.8, 4) is 0 Å². The van der Waals surface area contributed by atoms with E-state index in [1.165, 1.54) is 18.5 Å². The van der Waals surface area contributed by atoms with Gasteiger partial charge in [-0.15, -0.1) is 0 Å². The maximum atomic E-state index is 9.10. The Morgan fingerprint density at radius 2 is 2.19 bits per heavy atom. The molecule has 114 valence electrons. The summed E-state index contributed by atoms with van der Waals surface area (Å²) < 4.78 is 2.07. The van der Waals surface area contributed by atoms with Gasteiger partial charge in [0.05, 0.1) is 5.69 Å². The summed E-state index contributed by atoms with van der Waals surface area (Å²) in [4.78, 5) is 11.6. The van der Waals surface area contributed by atoms with Gasteiger partial charge in [-0.2, -0.15) is 0 Å². The van der Waals surface area contributed by atoms with Gasteiger partial charge in [0.15, 0.2) is 0 Å². The molecule has 3 heterocycles. The Balaban J connectivity index is 1.74. The monoisotopic (exact) mass is 288 g/mol. The topological polar surface area (TPSA) is 53.7 Å². The van der Waals surface area contributed by atoms with Crippen molar-refractivity contribution in [3.05, 3.63) is 29.3 Å². The Morgan fingerprint density at radius 1 is 1.33 bits per heavy atom. The van der Waals surface area contributed by atoms with Gasteiger partial charge in [-0.05, 0) is 51.6 Å². The predicted octanol–water partition coefficient (Wildman–Crippen LogP) is 1.94. The maximum absolute atomic E-state index is 9.10. The minimum atomic E-state index is 0.301. The zero-order valence-electron chi connectivity index (χ0n) is 12.9. The molecule has 2 aromatic heterocycles. The number of fused-ring (bicyclic) bond motifs is 1. The number of aliphatic hydroxyl groups excluding tert-OH is 1. The van der Waals surface area contributed by atoms with Crippen LogP contribution < -0.4 is 0 Å². The molecule has 0 saturated carbocycles. The molecule has 5 heteroatoms. The zero-order chi connectivity index (χ0) is 14.8. The normalized spacial score (nSPS) is 20.2. The highest BCUT2D eigenvalue weighted by atomic mass is 16.3. The van der Waals surface area contributed by atoms with Gasteiger partial charge in [0, 0.05) is 37.3 Å². The van der Waals surface area contributed by atoms with Crippen LogP contribution in [0.3, 0.4) is 0 Å². The molecule has 1 aliphatic heterocycles. The molecule has 1 unspecified atom stereocenters. The highest BCUT2D eigenvalue weighted by Crippen LogP contribution is 2.21. The smallest absolute Gasteiger partial charge is 0.234 e. The zero-order valence-corrected chi connectivity index (χ0v) is 12.9. The Labute approximate surface area is 125 Å². The predicted molar refractivity (Wildman–Crippen MR) is 82.2 cm³/mol. The molecule has 2 aromatic rings. The molecule has 0 spiro atoms. The van der Waals surface area contributed by atoms with Gasteiger partial charge in [0.2, 0.25) is 5.78 Å². The number of piperidine rings is 1. The second-order valence-corrected chi connectivity index (χ2v) is 6.20. The first-order chi connectivity index (χ1) is 10.2. The average molecular weight is 288 g/mol. The van der Waals surface area contributed by atoms with Crippen LogP contribution in [0.4, 0.5) is 0 Å². The molecule has 1 fully saturated rings. The lowest BCUT2D eigenvalue weighted by Gasteiger charge is -2.31. The van der Waals surface area contributed by atoms with E-state index in [1.54, 1.807) is 0 Å². The van der Waals surface area contributed by atoms with E-state index in [9.17, 15) is 0 Å². The molecule has 0 aromatic carbocycles. The third-order valence-corrected chi connectivity index (χ3v) is 4.34. The number of aromatic nitrogens is 3. The van der Waals surface area contributed by atoms with Crippen LogP contribution in [0, 0.1) is 19.8 Å². The summed E-state index contributed by atoms with van der Waals surface area (Å²) in [5, 5.41) is 9.10. The lowest BCUT2D eigenvalue weighted by molar-refractivity contribution is 0.141. The molecule has 3 rings (SSSR count). The van der Waals surface area contributed by atoms with Crippen molar-refractivity contribution < 1.29 is 5.11 Å². The number of rotatable bonds is 4. The first-order valence-electron chi connectivity index (χ1n) is 7.81. The molecule has 1 aliphatic rings. The molecule has 0 radical (unpaired) electrons. The summed E-state index contributed by atoms with van der Waals surface area (Å²) >= 11 is 0. The van der Waals surface area contributed by atoms with Crippen molar-refractivity contribution in [2.45, 2.75) is 39.7 Å². The fourth-order valence-electron chi connectivity index (χ4n) is 3.34. The maximum Gasteiger partial charge on any atom is 0.234 e. The average Bonchev–Trinajstić information content (AvgIpc) is 2.82. The Kier molecular flexibility index (Phi) is 4.22. The largest absolute Gasteiger partial charge is 0.396 e. The number of hydrogen-bond acceptors (Lipinski definition) is 4. The molecule has 5 nitrogen and oxygen atoms in total. The van der Waals surface area contributed by atoms with Crippen LogP contribution in [0.15, 0.2) is 12.3 Å². The van der Waals surface area contributed by atoms with Crippen LogP contribution in [0.1, 0.15) is 36.3 Å². The van der Waals surface area contributed by atoms with Crippen molar-refractivity contribution in [2.24, 2.45) is 5.92 Å². The minimum absolute atomic E-state index is 0.301. The Hall–Kier alpha value is -1.46. The van der Waals surface area contributed by atoms with Crippen molar-refractivity contribution in [1.29, 1.82) is 0 Å². The van der Waals surface area contributed by atoms with E-state index >= 15 is 0 Å². The molecule has 1 N–H and O–H groups in total. The number of aryl methyl sites for hydroxylation is 2. The molecule has 0 amide bonds. The van der Waals surface area contributed by atoms with Crippen molar-refractivity contribution in [2.75, 3.05) is 19.7 Å². The van der Waals surface area contributed by atoms with Gasteiger partial charge in [-0.3, -0.25) is 9.30 Å². The fraction of sp³-hybridized carbons (Fsp3) is 0.625. The highest BCUT2D eigenvalue weighted by Gasteiger charge is 2.20. The summed E-state index contributed by atoms with van der Waals surface area (Å²) in [7, 11) is 0. The van der Waals surface area contributed by atoms with Gasteiger partial charge in [0.25, 0.3) is 0 Å². The summed E-state index contributed by atoms with van der Waals surface area (Å²) in [6.45, 7) is 7.47. The SMILES string of the molecule is Cc1cc(C)n2cc(CN3CCCC(CCO)C3)nc2n1. The second kappa shape index (κ2) is 6.12. The third-order valence-electron chi connectivity index (χ3n) is 4.34. The summed E-state index contributed by atoms with van der Waals surface area (Å²) in [6.07, 6.45) is 5.48. The van der Waals surface area contributed by atoms with Gasteiger partial charge >= 0.3 is 0 Å². The van der Waals surface area contributed by atoms with Crippen LogP contribution in [-0.2, 0) is 6.54 Å². The minimum Gasteiger partial charge on any atom is -0.396 e. The van der Waals surface area contributed by atoms with E-state index < -0.39 is 0 Å². The van der Waals surface area contributed by atoms with E-state index in [0.29, 0.717) is 12.5 Å². The van der Waals surface area contributed by atoms with Crippen LogP contribution in [0.5, 0.6) is 0 Å². The lowest BCUT2D eigenvalue weighted by atomic mass is 9.95. The second-order valence-electron chi connectivity index (χ2n) is 6.20. The quantitative estimate of drug-likeness (QED) is 0.934. The van der Waals surface area contributed by atoms with E-state index in [-0.39, 0.29) is 0 Å². The summed E-state index contributed by atoms with van der Waals surface area (Å²) in [5.41, 5.74) is 3.27. The van der Waals surface area contributed by atoms with Crippen LogP contribution in [-0.4, -0.2) is 44.1 Å². The highest BCUT2D eigenvalue weighted by molar-refractivity contribution is 5.34. The van der Waals surface area contributed by atoms with Crippen molar-refractivity contribution in [3.63, 3.8) is 0 Å². The molecular formula is C16H24N4O. The standard InChI is InChI=1S/C16H24N4O/c1-12-8-13(2)20-11-15(18-16(20)17-12)10-19-6-3-4-14(9-19)5-7-21/h8,11,14,21H,3-7,9-10H2,1-2H3. The van der Waals surface area contributed by atoms with E-state index in [4.69, 9.17) is 5.11 Å². The van der Waals surface area contributed by atoms with Crippen LogP contribution in [0.25, 0.3) is 5.78 Å². The third kappa shape index (κ3) is 3.24. The molecule has 1 saturated heterocycles.